The first-order valence-electron chi connectivity index (χ1n) is 7.40. The third-order valence-electron chi connectivity index (χ3n) is 4.14. The molecular weight excluding hydrogens is 395 g/mol. The molecule has 3 unspecified atom stereocenters. The minimum atomic E-state index is 0. The molecule has 2 fully saturated rings. The van der Waals surface area contributed by atoms with Crippen LogP contribution in [-0.4, -0.2) is 43.4 Å². The molecule has 2 saturated heterocycles. The van der Waals surface area contributed by atoms with Crippen LogP contribution in [0.25, 0.3) is 0 Å². The van der Waals surface area contributed by atoms with Crippen molar-refractivity contribution in [3.8, 4) is 5.88 Å². The predicted octanol–water partition coefficient (Wildman–Crippen LogP) is 1.69. The van der Waals surface area contributed by atoms with E-state index in [2.05, 4.69) is 20.6 Å². The Morgan fingerprint density at radius 3 is 3.00 bits per heavy atom. The van der Waals surface area contributed by atoms with E-state index in [1.54, 1.807) is 20.4 Å². The first-order chi connectivity index (χ1) is 10.3. The van der Waals surface area contributed by atoms with Crippen LogP contribution in [0.1, 0.15) is 24.8 Å². The average Bonchev–Trinajstić information content (AvgIpc) is 3.14. The summed E-state index contributed by atoms with van der Waals surface area (Å²) in [5.41, 5.74) is 1.01. The van der Waals surface area contributed by atoms with Gasteiger partial charge in [-0.15, -0.1) is 24.0 Å². The van der Waals surface area contributed by atoms with Crippen molar-refractivity contribution in [1.82, 2.24) is 15.6 Å². The lowest BCUT2D eigenvalue weighted by Gasteiger charge is -2.22. The molecule has 2 aliphatic rings. The van der Waals surface area contributed by atoms with E-state index in [1.807, 2.05) is 12.1 Å². The van der Waals surface area contributed by atoms with Crippen LogP contribution in [0.15, 0.2) is 23.3 Å². The normalized spacial score (nSPS) is 26.5. The second-order valence-corrected chi connectivity index (χ2v) is 5.46. The molecule has 0 amide bonds. The van der Waals surface area contributed by atoms with Gasteiger partial charge in [-0.2, -0.15) is 0 Å². The molecule has 122 valence electrons. The van der Waals surface area contributed by atoms with Crippen LogP contribution in [0.3, 0.4) is 0 Å². The van der Waals surface area contributed by atoms with Gasteiger partial charge < -0.3 is 20.1 Å². The number of aromatic nitrogens is 1. The standard InChI is InChI=1S/C15H22N4O2.HI/c1-16-15(19-12-8-11-5-6-13(12)21-11)18-9-10-4-3-7-17-14(10)20-2;/h3-4,7,11-13H,5-6,8-9H2,1-2H3,(H2,16,18,19);1H. The van der Waals surface area contributed by atoms with Gasteiger partial charge in [0, 0.05) is 25.4 Å². The van der Waals surface area contributed by atoms with E-state index in [4.69, 9.17) is 9.47 Å². The van der Waals surface area contributed by atoms with E-state index in [9.17, 15) is 0 Å². The van der Waals surface area contributed by atoms with Gasteiger partial charge in [-0.3, -0.25) is 4.99 Å². The van der Waals surface area contributed by atoms with Crippen LogP contribution >= 0.6 is 24.0 Å². The monoisotopic (exact) mass is 418 g/mol. The van der Waals surface area contributed by atoms with Crippen LogP contribution in [-0.2, 0) is 11.3 Å². The number of hydrogen-bond acceptors (Lipinski definition) is 4. The number of ether oxygens (including phenoxy) is 2. The summed E-state index contributed by atoms with van der Waals surface area (Å²) < 4.78 is 11.1. The molecule has 7 heteroatoms. The van der Waals surface area contributed by atoms with Crippen molar-refractivity contribution in [2.24, 2.45) is 4.99 Å². The topological polar surface area (TPSA) is 67.8 Å². The van der Waals surface area contributed by atoms with Gasteiger partial charge in [-0.25, -0.2) is 4.98 Å². The largest absolute Gasteiger partial charge is 0.481 e. The van der Waals surface area contributed by atoms with Gasteiger partial charge in [0.1, 0.15) is 0 Å². The number of fused-ring (bicyclic) bond motifs is 2. The summed E-state index contributed by atoms with van der Waals surface area (Å²) >= 11 is 0. The molecule has 22 heavy (non-hydrogen) atoms. The third-order valence-corrected chi connectivity index (χ3v) is 4.14. The number of nitrogens with zero attached hydrogens (tertiary/aromatic N) is 2. The number of nitrogens with one attached hydrogen (secondary N) is 2. The Labute approximate surface area is 148 Å². The molecule has 0 saturated carbocycles. The molecule has 6 nitrogen and oxygen atoms in total. The fourth-order valence-electron chi connectivity index (χ4n) is 3.08. The minimum absolute atomic E-state index is 0. The van der Waals surface area contributed by atoms with Crippen molar-refractivity contribution in [2.45, 2.75) is 44.1 Å². The molecule has 2 bridgehead atoms. The number of rotatable bonds is 4. The lowest BCUT2D eigenvalue weighted by Crippen LogP contribution is -2.47. The molecule has 3 atom stereocenters. The second-order valence-electron chi connectivity index (χ2n) is 5.46. The highest BCUT2D eigenvalue weighted by atomic mass is 127. The number of hydrogen-bond donors (Lipinski definition) is 2. The first kappa shape index (κ1) is 17.3. The van der Waals surface area contributed by atoms with Crippen LogP contribution in [0.4, 0.5) is 0 Å². The van der Waals surface area contributed by atoms with E-state index < -0.39 is 0 Å². The highest BCUT2D eigenvalue weighted by Gasteiger charge is 2.41. The van der Waals surface area contributed by atoms with Gasteiger partial charge in [-0.05, 0) is 25.3 Å². The molecule has 0 radical (unpaired) electrons. The van der Waals surface area contributed by atoms with Crippen molar-refractivity contribution in [2.75, 3.05) is 14.2 Å². The first-order valence-corrected chi connectivity index (χ1v) is 7.40. The van der Waals surface area contributed by atoms with Gasteiger partial charge in [0.05, 0.1) is 25.4 Å². The van der Waals surface area contributed by atoms with Gasteiger partial charge in [0.2, 0.25) is 5.88 Å². The molecule has 0 spiro atoms. The van der Waals surface area contributed by atoms with Crippen molar-refractivity contribution < 1.29 is 9.47 Å². The summed E-state index contributed by atoms with van der Waals surface area (Å²) in [6, 6.07) is 4.26. The average molecular weight is 418 g/mol. The number of aliphatic imine (C=N–C) groups is 1. The zero-order chi connectivity index (χ0) is 14.7. The number of halogens is 1. The molecule has 1 aromatic heterocycles. The van der Waals surface area contributed by atoms with E-state index >= 15 is 0 Å². The maximum absolute atomic E-state index is 5.85. The zero-order valence-electron chi connectivity index (χ0n) is 12.9. The van der Waals surface area contributed by atoms with Gasteiger partial charge in [-0.1, -0.05) is 6.07 Å². The molecular formula is C15H23IN4O2. The highest BCUT2D eigenvalue weighted by molar-refractivity contribution is 14.0. The lowest BCUT2D eigenvalue weighted by atomic mass is 9.96. The number of pyridine rings is 1. The summed E-state index contributed by atoms with van der Waals surface area (Å²) in [6.07, 6.45) is 5.91. The van der Waals surface area contributed by atoms with E-state index in [0.717, 1.165) is 24.4 Å². The molecule has 1 aromatic rings. The van der Waals surface area contributed by atoms with Gasteiger partial charge in [0.15, 0.2) is 5.96 Å². The second kappa shape index (κ2) is 7.96. The Kier molecular flexibility index (Phi) is 6.25. The van der Waals surface area contributed by atoms with Crippen LogP contribution in [0.2, 0.25) is 0 Å². The lowest BCUT2D eigenvalue weighted by molar-refractivity contribution is 0.0992. The van der Waals surface area contributed by atoms with E-state index in [0.29, 0.717) is 30.7 Å². The number of guanidine groups is 1. The summed E-state index contributed by atoms with van der Waals surface area (Å²) in [7, 11) is 3.41. The maximum atomic E-state index is 5.85. The highest BCUT2D eigenvalue weighted by Crippen LogP contribution is 2.34. The Morgan fingerprint density at radius 1 is 1.50 bits per heavy atom. The van der Waals surface area contributed by atoms with Crippen molar-refractivity contribution in [3.05, 3.63) is 23.9 Å². The van der Waals surface area contributed by atoms with Crippen molar-refractivity contribution >= 4 is 29.9 Å². The molecule has 2 N–H and O–H groups in total. The summed E-state index contributed by atoms with van der Waals surface area (Å²) in [4.78, 5) is 8.48. The van der Waals surface area contributed by atoms with E-state index in [1.165, 1.54) is 6.42 Å². The minimum Gasteiger partial charge on any atom is -0.481 e. The van der Waals surface area contributed by atoms with Gasteiger partial charge >= 0.3 is 0 Å². The Bertz CT molecular complexity index is 526. The van der Waals surface area contributed by atoms with E-state index in [-0.39, 0.29) is 24.0 Å². The Balaban J connectivity index is 0.00000176. The summed E-state index contributed by atoms with van der Waals surface area (Å²) in [5, 5.41) is 6.77. The smallest absolute Gasteiger partial charge is 0.218 e. The Hall–Kier alpha value is -1.09. The number of methoxy groups -OCH3 is 1. The van der Waals surface area contributed by atoms with Gasteiger partial charge in [0.25, 0.3) is 0 Å². The molecule has 2 aliphatic heterocycles. The Morgan fingerprint density at radius 2 is 2.36 bits per heavy atom. The fraction of sp³-hybridized carbons (Fsp3) is 0.600. The molecule has 3 rings (SSSR count). The third kappa shape index (κ3) is 3.81. The maximum Gasteiger partial charge on any atom is 0.218 e. The van der Waals surface area contributed by atoms with Crippen molar-refractivity contribution in [3.63, 3.8) is 0 Å². The van der Waals surface area contributed by atoms with Crippen LogP contribution in [0.5, 0.6) is 5.88 Å². The molecule has 0 aliphatic carbocycles. The van der Waals surface area contributed by atoms with Crippen LogP contribution in [0, 0.1) is 0 Å². The quantitative estimate of drug-likeness (QED) is 0.443. The fourth-order valence-corrected chi connectivity index (χ4v) is 3.08. The SMILES string of the molecule is CN=C(NCc1cccnc1OC)NC1CC2CCC1O2.I. The van der Waals surface area contributed by atoms with Crippen molar-refractivity contribution in [1.29, 1.82) is 0 Å². The zero-order valence-corrected chi connectivity index (χ0v) is 15.2. The summed E-state index contributed by atoms with van der Waals surface area (Å²) in [6.45, 7) is 0.623. The summed E-state index contributed by atoms with van der Waals surface area (Å²) in [5.74, 6) is 1.44. The van der Waals surface area contributed by atoms with Crippen LogP contribution < -0.4 is 15.4 Å². The molecule has 0 aromatic carbocycles. The predicted molar refractivity (Wildman–Crippen MR) is 95.8 cm³/mol. The molecule has 3 heterocycles.